The Morgan fingerprint density at radius 2 is 1.92 bits per heavy atom. The molecular weight excluding hydrogens is 455 g/mol. The predicted octanol–water partition coefficient (Wildman–Crippen LogP) is 4.08. The molecule has 0 heterocycles. The molecule has 0 bridgehead atoms. The quantitative estimate of drug-likeness (QED) is 0.385. The summed E-state index contributed by atoms with van der Waals surface area (Å²) < 4.78 is 10.8. The van der Waals surface area contributed by atoms with Gasteiger partial charge in [-0.3, -0.25) is 0 Å². The number of rotatable bonds is 4. The fourth-order valence-corrected chi connectivity index (χ4v) is 2.94. The number of carbonyl (C=O) groups excluding carboxylic acids is 2. The first-order valence-electron chi connectivity index (χ1n) is 7.40. The van der Waals surface area contributed by atoms with Crippen LogP contribution in [0.3, 0.4) is 0 Å². The van der Waals surface area contributed by atoms with Crippen LogP contribution in [0.1, 0.15) is 22.8 Å². The SMILES string of the molecule is CCOC(=O)C(C#Cc1ccccc1)OC(=O)c1ccc(Cl)cc1I. The number of ether oxygens (including phenoxy) is 2. The van der Waals surface area contributed by atoms with Crippen molar-refractivity contribution < 1.29 is 19.1 Å². The van der Waals surface area contributed by atoms with Crippen LogP contribution in [0.2, 0.25) is 5.02 Å². The molecule has 0 fully saturated rings. The molecule has 128 valence electrons. The molecule has 6 heteroatoms. The molecule has 0 aliphatic rings. The van der Waals surface area contributed by atoms with Crippen LogP contribution in [0, 0.1) is 15.4 Å². The Labute approximate surface area is 164 Å². The van der Waals surface area contributed by atoms with Gasteiger partial charge < -0.3 is 9.47 Å². The van der Waals surface area contributed by atoms with Crippen LogP contribution in [-0.4, -0.2) is 24.6 Å². The van der Waals surface area contributed by atoms with Crippen LogP contribution in [0.15, 0.2) is 48.5 Å². The third-order valence-electron chi connectivity index (χ3n) is 3.00. The Kier molecular flexibility index (Phi) is 7.29. The molecule has 2 aromatic rings. The minimum absolute atomic E-state index is 0.165. The molecular formula is C19H14ClIO4. The van der Waals surface area contributed by atoms with Crippen LogP contribution >= 0.6 is 34.2 Å². The van der Waals surface area contributed by atoms with E-state index in [0.717, 1.165) is 0 Å². The van der Waals surface area contributed by atoms with E-state index in [2.05, 4.69) is 11.8 Å². The highest BCUT2D eigenvalue weighted by Gasteiger charge is 2.24. The van der Waals surface area contributed by atoms with Gasteiger partial charge in [0.05, 0.1) is 12.2 Å². The van der Waals surface area contributed by atoms with Gasteiger partial charge in [0.2, 0.25) is 0 Å². The van der Waals surface area contributed by atoms with Gasteiger partial charge in [0.25, 0.3) is 6.10 Å². The fourth-order valence-electron chi connectivity index (χ4n) is 1.85. The van der Waals surface area contributed by atoms with Crippen molar-refractivity contribution in [2.45, 2.75) is 13.0 Å². The van der Waals surface area contributed by atoms with E-state index in [-0.39, 0.29) is 6.61 Å². The number of benzene rings is 2. The van der Waals surface area contributed by atoms with E-state index in [1.165, 1.54) is 0 Å². The highest BCUT2D eigenvalue weighted by molar-refractivity contribution is 14.1. The second kappa shape index (κ2) is 9.44. The third-order valence-corrected chi connectivity index (χ3v) is 4.13. The van der Waals surface area contributed by atoms with Crippen molar-refractivity contribution in [1.29, 1.82) is 0 Å². The highest BCUT2D eigenvalue weighted by Crippen LogP contribution is 2.19. The molecule has 0 saturated carbocycles. The van der Waals surface area contributed by atoms with Gasteiger partial charge in [-0.2, -0.15) is 0 Å². The molecule has 0 saturated heterocycles. The molecule has 0 spiro atoms. The van der Waals surface area contributed by atoms with Gasteiger partial charge >= 0.3 is 11.9 Å². The first-order chi connectivity index (χ1) is 12.0. The zero-order valence-corrected chi connectivity index (χ0v) is 16.2. The van der Waals surface area contributed by atoms with Crippen LogP contribution in [-0.2, 0) is 14.3 Å². The van der Waals surface area contributed by atoms with Crippen molar-refractivity contribution in [3.8, 4) is 11.8 Å². The largest absolute Gasteiger partial charge is 0.462 e. The molecule has 0 amide bonds. The van der Waals surface area contributed by atoms with E-state index < -0.39 is 18.0 Å². The van der Waals surface area contributed by atoms with E-state index in [9.17, 15) is 9.59 Å². The summed E-state index contributed by atoms with van der Waals surface area (Å²) in [4.78, 5) is 24.4. The summed E-state index contributed by atoms with van der Waals surface area (Å²) in [6.07, 6.45) is -1.31. The van der Waals surface area contributed by atoms with Crippen LogP contribution < -0.4 is 0 Å². The Bertz CT molecular complexity index is 824. The van der Waals surface area contributed by atoms with Crippen LogP contribution in [0.4, 0.5) is 0 Å². The molecule has 0 N–H and O–H groups in total. The van der Waals surface area contributed by atoms with Gasteiger partial charge in [-0.05, 0) is 65.8 Å². The van der Waals surface area contributed by atoms with Gasteiger partial charge in [-0.25, -0.2) is 9.59 Å². The minimum Gasteiger partial charge on any atom is -0.462 e. The van der Waals surface area contributed by atoms with Crippen LogP contribution in [0.5, 0.6) is 0 Å². The predicted molar refractivity (Wildman–Crippen MR) is 103 cm³/mol. The van der Waals surface area contributed by atoms with E-state index in [1.807, 2.05) is 40.8 Å². The first kappa shape index (κ1) is 19.3. The Balaban J connectivity index is 2.22. The molecule has 1 atom stereocenters. The van der Waals surface area contributed by atoms with E-state index >= 15 is 0 Å². The molecule has 2 rings (SSSR count). The van der Waals surface area contributed by atoms with Gasteiger partial charge in [0, 0.05) is 14.2 Å². The lowest BCUT2D eigenvalue weighted by molar-refractivity contribution is -0.150. The number of hydrogen-bond acceptors (Lipinski definition) is 4. The number of hydrogen-bond donors (Lipinski definition) is 0. The molecule has 4 nitrogen and oxygen atoms in total. The molecule has 25 heavy (non-hydrogen) atoms. The number of carbonyl (C=O) groups is 2. The average Bonchev–Trinajstić information content (AvgIpc) is 2.59. The fraction of sp³-hybridized carbons (Fsp3) is 0.158. The zero-order valence-electron chi connectivity index (χ0n) is 13.3. The minimum atomic E-state index is -1.31. The Morgan fingerprint density at radius 1 is 1.20 bits per heavy atom. The van der Waals surface area contributed by atoms with Crippen molar-refractivity contribution >= 4 is 46.1 Å². The van der Waals surface area contributed by atoms with Crippen molar-refractivity contribution in [1.82, 2.24) is 0 Å². The average molecular weight is 469 g/mol. The van der Waals surface area contributed by atoms with Gasteiger partial charge in [0.15, 0.2) is 0 Å². The van der Waals surface area contributed by atoms with Gasteiger partial charge in [-0.1, -0.05) is 35.7 Å². The zero-order chi connectivity index (χ0) is 18.2. The molecule has 0 aromatic heterocycles. The summed E-state index contributed by atoms with van der Waals surface area (Å²) >= 11 is 7.86. The maximum absolute atomic E-state index is 12.4. The summed E-state index contributed by atoms with van der Waals surface area (Å²) in [6, 6.07) is 13.8. The molecule has 0 aliphatic carbocycles. The second-order valence-electron chi connectivity index (χ2n) is 4.80. The molecule has 1 unspecified atom stereocenters. The van der Waals surface area contributed by atoms with Crippen LogP contribution in [0.25, 0.3) is 0 Å². The maximum Gasteiger partial charge on any atom is 0.360 e. The van der Waals surface area contributed by atoms with Crippen molar-refractivity contribution in [3.63, 3.8) is 0 Å². The van der Waals surface area contributed by atoms with Gasteiger partial charge in [-0.15, -0.1) is 0 Å². The summed E-state index contributed by atoms with van der Waals surface area (Å²) in [5.74, 6) is 4.10. The molecule has 2 aromatic carbocycles. The van der Waals surface area contributed by atoms with E-state index in [0.29, 0.717) is 19.7 Å². The van der Waals surface area contributed by atoms with Crippen molar-refractivity contribution in [2.24, 2.45) is 0 Å². The molecule has 0 radical (unpaired) electrons. The summed E-state index contributed by atoms with van der Waals surface area (Å²) in [5.41, 5.74) is 1.01. The lowest BCUT2D eigenvalue weighted by Gasteiger charge is -2.12. The third kappa shape index (κ3) is 5.76. The summed E-state index contributed by atoms with van der Waals surface area (Å²) in [6.45, 7) is 1.84. The number of esters is 2. The maximum atomic E-state index is 12.4. The Morgan fingerprint density at radius 3 is 2.56 bits per heavy atom. The Hall–Kier alpha value is -2.04. The number of halogens is 2. The van der Waals surface area contributed by atoms with Crippen molar-refractivity contribution in [3.05, 3.63) is 68.3 Å². The second-order valence-corrected chi connectivity index (χ2v) is 6.40. The standard InChI is InChI=1S/C19H14ClIO4/c1-2-24-19(23)17(11-8-13-6-4-3-5-7-13)25-18(22)15-10-9-14(20)12-16(15)21/h3-7,9-10,12,17H,2H2,1H3. The normalized spacial score (nSPS) is 11.0. The topological polar surface area (TPSA) is 52.6 Å². The lowest BCUT2D eigenvalue weighted by Crippen LogP contribution is -2.28. The van der Waals surface area contributed by atoms with Gasteiger partial charge in [0.1, 0.15) is 0 Å². The summed E-state index contributed by atoms with van der Waals surface area (Å²) in [5, 5.41) is 0.506. The lowest BCUT2D eigenvalue weighted by atomic mass is 10.2. The van der Waals surface area contributed by atoms with E-state index in [1.54, 1.807) is 37.3 Å². The molecule has 0 aliphatic heterocycles. The van der Waals surface area contributed by atoms with Crippen molar-refractivity contribution in [2.75, 3.05) is 6.61 Å². The highest BCUT2D eigenvalue weighted by atomic mass is 127. The summed E-state index contributed by atoms with van der Waals surface area (Å²) in [7, 11) is 0. The van der Waals surface area contributed by atoms with E-state index in [4.69, 9.17) is 21.1 Å². The first-order valence-corrected chi connectivity index (χ1v) is 8.86. The smallest absolute Gasteiger partial charge is 0.360 e. The monoisotopic (exact) mass is 468 g/mol.